The predicted molar refractivity (Wildman–Crippen MR) is 122 cm³/mol. The SMILES string of the molecule is C=CCN(C)CCCCCCOc1ccc2c(C)nn(C)c2c1.O=C(O)C=CC(=O)O. The molecule has 2 rings (SSSR count). The zero-order chi connectivity index (χ0) is 23.2. The fourth-order valence-electron chi connectivity index (χ4n) is 2.99. The van der Waals surface area contributed by atoms with Crippen LogP contribution in [0.1, 0.15) is 31.4 Å². The van der Waals surface area contributed by atoms with Crippen LogP contribution in [0.15, 0.2) is 43.0 Å². The maximum Gasteiger partial charge on any atom is 0.328 e. The number of aliphatic carboxylic acids is 2. The van der Waals surface area contributed by atoms with E-state index in [1.165, 1.54) is 24.6 Å². The minimum atomic E-state index is -1.26. The van der Waals surface area contributed by atoms with Gasteiger partial charge in [-0.1, -0.05) is 18.9 Å². The van der Waals surface area contributed by atoms with Crippen molar-refractivity contribution in [3.05, 3.63) is 48.7 Å². The third kappa shape index (κ3) is 10.5. The molecular formula is C23H33N3O5. The van der Waals surface area contributed by atoms with E-state index in [1.54, 1.807) is 0 Å². The number of carboxylic acids is 2. The van der Waals surface area contributed by atoms with Gasteiger partial charge in [0, 0.05) is 37.2 Å². The van der Waals surface area contributed by atoms with Crippen LogP contribution in [0.25, 0.3) is 10.9 Å². The molecule has 0 aliphatic rings. The first-order valence-corrected chi connectivity index (χ1v) is 10.2. The van der Waals surface area contributed by atoms with Crippen LogP contribution in [0.5, 0.6) is 5.75 Å². The lowest BCUT2D eigenvalue weighted by atomic mass is 10.2. The van der Waals surface area contributed by atoms with Crippen molar-refractivity contribution in [2.24, 2.45) is 7.05 Å². The molecule has 0 saturated heterocycles. The number of aryl methyl sites for hydroxylation is 2. The van der Waals surface area contributed by atoms with Crippen molar-refractivity contribution < 1.29 is 24.5 Å². The second-order valence-electron chi connectivity index (χ2n) is 7.21. The Bertz CT molecular complexity index is 873. The minimum absolute atomic E-state index is 0.558. The topological polar surface area (TPSA) is 105 Å². The van der Waals surface area contributed by atoms with Crippen LogP contribution in [0.4, 0.5) is 0 Å². The zero-order valence-corrected chi connectivity index (χ0v) is 18.6. The summed E-state index contributed by atoms with van der Waals surface area (Å²) in [5.41, 5.74) is 2.20. The molecule has 0 saturated carbocycles. The first-order valence-electron chi connectivity index (χ1n) is 10.2. The smallest absolute Gasteiger partial charge is 0.328 e. The van der Waals surface area contributed by atoms with Crippen molar-refractivity contribution in [2.45, 2.75) is 32.6 Å². The van der Waals surface area contributed by atoms with E-state index in [1.807, 2.05) is 30.8 Å². The van der Waals surface area contributed by atoms with Gasteiger partial charge in [0.05, 0.1) is 17.8 Å². The number of rotatable bonds is 12. The molecule has 1 heterocycles. The Hall–Kier alpha value is -3.13. The largest absolute Gasteiger partial charge is 0.494 e. The molecule has 0 aliphatic carbocycles. The Morgan fingerprint density at radius 3 is 2.42 bits per heavy atom. The highest BCUT2D eigenvalue weighted by Gasteiger charge is 2.06. The summed E-state index contributed by atoms with van der Waals surface area (Å²) < 4.78 is 7.79. The molecule has 2 N–H and O–H groups in total. The van der Waals surface area contributed by atoms with E-state index in [9.17, 15) is 9.59 Å². The lowest BCUT2D eigenvalue weighted by Crippen LogP contribution is -2.19. The van der Waals surface area contributed by atoms with Crippen molar-refractivity contribution in [1.29, 1.82) is 0 Å². The molecule has 0 radical (unpaired) electrons. The maximum atomic E-state index is 9.55. The summed E-state index contributed by atoms with van der Waals surface area (Å²) in [7, 11) is 4.11. The fourth-order valence-corrected chi connectivity index (χ4v) is 2.99. The first kappa shape index (κ1) is 25.9. The van der Waals surface area contributed by atoms with Crippen molar-refractivity contribution >= 4 is 22.8 Å². The molecule has 8 heteroatoms. The number of benzene rings is 1. The molecular weight excluding hydrogens is 398 g/mol. The average molecular weight is 432 g/mol. The summed E-state index contributed by atoms with van der Waals surface area (Å²) in [6.45, 7) is 8.69. The molecule has 0 aliphatic heterocycles. The van der Waals surface area contributed by atoms with Gasteiger partial charge < -0.3 is 19.8 Å². The van der Waals surface area contributed by atoms with E-state index in [-0.39, 0.29) is 0 Å². The van der Waals surface area contributed by atoms with Crippen LogP contribution in [-0.2, 0) is 16.6 Å². The summed E-state index contributed by atoms with van der Waals surface area (Å²) in [6, 6.07) is 6.23. The zero-order valence-electron chi connectivity index (χ0n) is 18.6. The quantitative estimate of drug-likeness (QED) is 0.300. The number of unbranched alkanes of at least 4 members (excludes halogenated alkanes) is 3. The van der Waals surface area contributed by atoms with Gasteiger partial charge in [-0.05, 0) is 45.5 Å². The molecule has 0 fully saturated rings. The second-order valence-corrected chi connectivity index (χ2v) is 7.21. The number of hydrogen-bond acceptors (Lipinski definition) is 5. The number of hydrogen-bond donors (Lipinski definition) is 2. The molecule has 0 atom stereocenters. The number of carbonyl (C=O) groups is 2. The van der Waals surface area contributed by atoms with Gasteiger partial charge in [0.2, 0.25) is 0 Å². The Balaban J connectivity index is 0.000000512. The van der Waals surface area contributed by atoms with Gasteiger partial charge in [-0.25, -0.2) is 9.59 Å². The summed E-state index contributed by atoms with van der Waals surface area (Å²) in [5, 5.41) is 21.3. The molecule has 2 aromatic rings. The Labute approximate surface area is 183 Å². The number of ether oxygens (including phenoxy) is 1. The van der Waals surface area contributed by atoms with Crippen molar-refractivity contribution in [3.63, 3.8) is 0 Å². The average Bonchev–Trinajstić information content (AvgIpc) is 2.99. The molecule has 0 bridgehead atoms. The van der Waals surface area contributed by atoms with E-state index in [2.05, 4.69) is 35.8 Å². The number of fused-ring (bicyclic) bond motifs is 1. The van der Waals surface area contributed by atoms with Crippen LogP contribution in [0.2, 0.25) is 0 Å². The Kier molecular flexibility index (Phi) is 11.7. The van der Waals surface area contributed by atoms with E-state index < -0.39 is 11.9 Å². The number of nitrogens with zero attached hydrogens (tertiary/aromatic N) is 3. The van der Waals surface area contributed by atoms with Gasteiger partial charge in [0.1, 0.15) is 5.75 Å². The van der Waals surface area contributed by atoms with Crippen LogP contribution in [-0.4, -0.2) is 63.6 Å². The molecule has 31 heavy (non-hydrogen) atoms. The summed E-state index contributed by atoms with van der Waals surface area (Å²) in [4.78, 5) is 21.4. The lowest BCUT2D eigenvalue weighted by Gasteiger charge is -2.13. The number of likely N-dealkylation sites (N-methyl/N-ethyl adjacent to an activating group) is 1. The van der Waals surface area contributed by atoms with E-state index >= 15 is 0 Å². The summed E-state index contributed by atoms with van der Waals surface area (Å²) >= 11 is 0. The molecule has 0 unspecified atom stereocenters. The summed E-state index contributed by atoms with van der Waals surface area (Å²) in [5.74, 6) is -1.58. The lowest BCUT2D eigenvalue weighted by molar-refractivity contribution is -0.134. The first-order chi connectivity index (χ1) is 14.7. The van der Waals surface area contributed by atoms with E-state index in [0.29, 0.717) is 12.2 Å². The monoisotopic (exact) mass is 431 g/mol. The number of carboxylic acid groups (broad SMARTS) is 2. The van der Waals surface area contributed by atoms with Crippen molar-refractivity contribution in [3.8, 4) is 5.75 Å². The third-order valence-corrected chi connectivity index (χ3v) is 4.52. The Morgan fingerprint density at radius 1 is 1.16 bits per heavy atom. The second kappa shape index (κ2) is 14.0. The molecule has 170 valence electrons. The molecule has 1 aromatic carbocycles. The Morgan fingerprint density at radius 2 is 1.81 bits per heavy atom. The van der Waals surface area contributed by atoms with Gasteiger partial charge in [0.15, 0.2) is 0 Å². The van der Waals surface area contributed by atoms with Gasteiger partial charge in [0.25, 0.3) is 0 Å². The van der Waals surface area contributed by atoms with E-state index in [0.717, 1.165) is 43.1 Å². The molecule has 0 amide bonds. The fraction of sp³-hybridized carbons (Fsp3) is 0.435. The van der Waals surface area contributed by atoms with Gasteiger partial charge >= 0.3 is 11.9 Å². The highest BCUT2D eigenvalue weighted by Crippen LogP contribution is 2.23. The molecule has 8 nitrogen and oxygen atoms in total. The van der Waals surface area contributed by atoms with Crippen LogP contribution < -0.4 is 4.74 Å². The summed E-state index contributed by atoms with van der Waals surface area (Å²) in [6.07, 6.45) is 7.89. The highest BCUT2D eigenvalue weighted by molar-refractivity contribution is 5.89. The molecule has 1 aromatic heterocycles. The minimum Gasteiger partial charge on any atom is -0.494 e. The van der Waals surface area contributed by atoms with Gasteiger partial charge in [-0.15, -0.1) is 6.58 Å². The van der Waals surface area contributed by atoms with E-state index in [4.69, 9.17) is 14.9 Å². The van der Waals surface area contributed by atoms with Gasteiger partial charge in [-0.2, -0.15) is 5.10 Å². The van der Waals surface area contributed by atoms with Crippen LogP contribution in [0, 0.1) is 6.92 Å². The normalized spacial score (nSPS) is 10.8. The maximum absolute atomic E-state index is 9.55. The highest BCUT2D eigenvalue weighted by atomic mass is 16.5. The standard InChI is InChI=1S/C19H29N3O.C4H4O4/c1-5-12-21(3)13-8-6-7-9-14-23-17-10-11-18-16(2)20-22(4)19(18)15-17;5-3(6)1-2-4(7)8/h5,10-11,15H,1,6-9,12-14H2,2-4H3;1-2H,(H,5,6)(H,7,8). The number of aromatic nitrogens is 2. The predicted octanol–water partition coefficient (Wildman–Crippen LogP) is 3.65. The van der Waals surface area contributed by atoms with Crippen LogP contribution in [0.3, 0.4) is 0 Å². The third-order valence-electron chi connectivity index (χ3n) is 4.52. The molecule has 0 spiro atoms. The van der Waals surface area contributed by atoms with Crippen molar-refractivity contribution in [2.75, 3.05) is 26.7 Å². The van der Waals surface area contributed by atoms with Crippen molar-refractivity contribution in [1.82, 2.24) is 14.7 Å². The van der Waals surface area contributed by atoms with Gasteiger partial charge in [-0.3, -0.25) is 4.68 Å². The van der Waals surface area contributed by atoms with Crippen LogP contribution >= 0.6 is 0 Å².